The molecule has 0 bridgehead atoms. The van der Waals surface area contributed by atoms with E-state index in [1.54, 1.807) is 18.2 Å². The van der Waals surface area contributed by atoms with Crippen LogP contribution in [0.4, 0.5) is 11.5 Å². The van der Waals surface area contributed by atoms with E-state index in [4.69, 9.17) is 0 Å². The van der Waals surface area contributed by atoms with Crippen molar-refractivity contribution in [3.8, 4) is 0 Å². The highest BCUT2D eigenvalue weighted by Gasteiger charge is 2.25. The van der Waals surface area contributed by atoms with E-state index in [-0.39, 0.29) is 12.5 Å². The van der Waals surface area contributed by atoms with Gasteiger partial charge in [-0.05, 0) is 49.3 Å². The smallest absolute Gasteiger partial charge is 0.274 e. The molecule has 1 amide bonds. The van der Waals surface area contributed by atoms with Crippen LogP contribution in [0, 0.1) is 12.8 Å². The van der Waals surface area contributed by atoms with Crippen molar-refractivity contribution < 1.29 is 9.90 Å². The molecule has 1 aliphatic carbocycles. The molecule has 1 aromatic carbocycles. The molecule has 1 aliphatic rings. The minimum Gasteiger partial charge on any atom is -0.392 e. The Balaban J connectivity index is 0.00000136. The normalized spacial score (nSPS) is 12.8. The van der Waals surface area contributed by atoms with Gasteiger partial charge in [0.2, 0.25) is 0 Å². The van der Waals surface area contributed by atoms with Gasteiger partial charge in [-0.1, -0.05) is 32.9 Å². The molecule has 1 aromatic heterocycles. The lowest BCUT2D eigenvalue weighted by atomic mass is 10.1. The molecule has 2 N–H and O–H groups in total. The lowest BCUT2D eigenvalue weighted by molar-refractivity contribution is 0.102. The molecule has 0 aliphatic heterocycles. The first-order valence-corrected chi connectivity index (χ1v) is 10.2. The molecule has 0 saturated heterocycles. The molecule has 0 spiro atoms. The van der Waals surface area contributed by atoms with Crippen LogP contribution in [0.5, 0.6) is 0 Å². The number of aliphatic hydroxyl groups is 1. The molecule has 3 rings (SSSR count). The Kier molecular flexibility index (Phi) is 8.39. The van der Waals surface area contributed by atoms with E-state index in [1.165, 1.54) is 19.2 Å². The number of nitrogens with zero attached hydrogens (tertiary/aromatic N) is 3. The van der Waals surface area contributed by atoms with Crippen molar-refractivity contribution in [1.82, 2.24) is 9.97 Å². The molecule has 2 aromatic rings. The Labute approximate surface area is 168 Å². The van der Waals surface area contributed by atoms with Gasteiger partial charge in [0.15, 0.2) is 0 Å². The van der Waals surface area contributed by atoms with Crippen molar-refractivity contribution in [2.45, 2.75) is 53.6 Å². The summed E-state index contributed by atoms with van der Waals surface area (Å²) in [6.07, 6.45) is 5.06. The summed E-state index contributed by atoms with van der Waals surface area (Å²) in [5, 5.41) is 12.1. The second-order valence-electron chi connectivity index (χ2n) is 6.91. The van der Waals surface area contributed by atoms with Crippen molar-refractivity contribution in [2.24, 2.45) is 5.92 Å². The van der Waals surface area contributed by atoms with Gasteiger partial charge in [-0.25, -0.2) is 9.97 Å². The number of hydrogen-bond acceptors (Lipinski definition) is 5. The third kappa shape index (κ3) is 6.02. The molecule has 0 atom stereocenters. The fourth-order valence-electron chi connectivity index (χ4n) is 2.98. The minimum absolute atomic E-state index is 0.0153. The van der Waals surface area contributed by atoms with Crippen LogP contribution in [0.3, 0.4) is 0 Å². The number of nitrogens with one attached hydrogen (secondary N) is 1. The zero-order valence-electron chi connectivity index (χ0n) is 17.4. The van der Waals surface area contributed by atoms with E-state index < -0.39 is 0 Å². The van der Waals surface area contributed by atoms with E-state index >= 15 is 0 Å². The van der Waals surface area contributed by atoms with Gasteiger partial charge in [-0.3, -0.25) is 4.79 Å². The predicted octanol–water partition coefficient (Wildman–Crippen LogP) is 4.18. The SMILES string of the molecule is CC.CCCN(CC1CC1)c1cc(C(=O)Nc2ccc(CO)cc2C)ncn1. The van der Waals surface area contributed by atoms with Crippen LogP contribution in [0.1, 0.15) is 61.6 Å². The molecule has 0 radical (unpaired) electrons. The van der Waals surface area contributed by atoms with Gasteiger partial charge in [0.25, 0.3) is 5.91 Å². The third-order valence-corrected chi connectivity index (χ3v) is 4.60. The van der Waals surface area contributed by atoms with Crippen LogP contribution in [0.2, 0.25) is 0 Å². The van der Waals surface area contributed by atoms with Crippen LogP contribution in [0.15, 0.2) is 30.6 Å². The molecular formula is C22H32N4O2. The zero-order chi connectivity index (χ0) is 20.5. The highest BCUT2D eigenvalue weighted by molar-refractivity contribution is 6.03. The summed E-state index contributed by atoms with van der Waals surface area (Å²) in [6, 6.07) is 7.23. The second-order valence-corrected chi connectivity index (χ2v) is 6.91. The van der Waals surface area contributed by atoms with Gasteiger partial charge >= 0.3 is 0 Å². The number of benzene rings is 1. The first-order chi connectivity index (χ1) is 13.6. The number of rotatable bonds is 8. The minimum atomic E-state index is -0.253. The van der Waals surface area contributed by atoms with Gasteiger partial charge in [0.05, 0.1) is 6.61 Å². The summed E-state index contributed by atoms with van der Waals surface area (Å²) >= 11 is 0. The van der Waals surface area contributed by atoms with E-state index in [0.717, 1.165) is 48.1 Å². The molecule has 6 nitrogen and oxygen atoms in total. The van der Waals surface area contributed by atoms with Gasteiger partial charge in [0, 0.05) is 24.8 Å². The standard InChI is InChI=1S/C20H26N4O2.C2H6/c1-3-8-24(11-15-4-5-15)19-10-18(21-13-22-19)20(26)23-17-7-6-16(12-25)9-14(17)2;1-2/h6-7,9-10,13,15,25H,3-5,8,11-12H2,1-2H3,(H,23,26);1-2H3. The molecule has 152 valence electrons. The van der Waals surface area contributed by atoms with Gasteiger partial charge in [-0.2, -0.15) is 0 Å². The van der Waals surface area contributed by atoms with Crippen LogP contribution in [0.25, 0.3) is 0 Å². The topological polar surface area (TPSA) is 78.4 Å². The van der Waals surface area contributed by atoms with Crippen molar-refractivity contribution >= 4 is 17.4 Å². The quantitative estimate of drug-likeness (QED) is 0.714. The van der Waals surface area contributed by atoms with Gasteiger partial charge in [-0.15, -0.1) is 0 Å². The molecule has 1 fully saturated rings. The summed E-state index contributed by atoms with van der Waals surface area (Å²) < 4.78 is 0. The van der Waals surface area contributed by atoms with E-state index in [1.807, 2.05) is 26.8 Å². The van der Waals surface area contributed by atoms with Gasteiger partial charge in [0.1, 0.15) is 17.8 Å². The average molecular weight is 385 g/mol. The zero-order valence-corrected chi connectivity index (χ0v) is 17.4. The van der Waals surface area contributed by atoms with E-state index in [9.17, 15) is 9.90 Å². The van der Waals surface area contributed by atoms with Crippen molar-refractivity contribution in [3.63, 3.8) is 0 Å². The van der Waals surface area contributed by atoms with Gasteiger partial charge < -0.3 is 15.3 Å². The first kappa shape index (κ1) is 21.8. The number of anilines is 2. The average Bonchev–Trinajstić information content (AvgIpc) is 3.55. The Morgan fingerprint density at radius 3 is 2.61 bits per heavy atom. The summed E-state index contributed by atoms with van der Waals surface area (Å²) in [4.78, 5) is 23.4. The van der Waals surface area contributed by atoms with Crippen LogP contribution in [-0.2, 0) is 6.61 Å². The summed E-state index contributed by atoms with van der Waals surface area (Å²) in [7, 11) is 0. The predicted molar refractivity (Wildman–Crippen MR) is 114 cm³/mol. The Morgan fingerprint density at radius 2 is 2.00 bits per heavy atom. The number of aromatic nitrogens is 2. The number of aliphatic hydroxyl groups excluding tert-OH is 1. The summed E-state index contributed by atoms with van der Waals surface area (Å²) in [6.45, 7) is 9.95. The number of carbonyl (C=O) groups is 1. The maximum Gasteiger partial charge on any atom is 0.274 e. The van der Waals surface area contributed by atoms with Crippen molar-refractivity contribution in [1.29, 1.82) is 0 Å². The Bertz CT molecular complexity index is 775. The molecule has 1 saturated carbocycles. The Morgan fingerprint density at radius 1 is 1.25 bits per heavy atom. The van der Waals surface area contributed by atoms with E-state index in [0.29, 0.717) is 5.69 Å². The molecule has 0 unspecified atom stereocenters. The lowest BCUT2D eigenvalue weighted by Crippen LogP contribution is -2.28. The number of hydrogen-bond donors (Lipinski definition) is 2. The second kappa shape index (κ2) is 10.8. The number of carbonyl (C=O) groups excluding carboxylic acids is 1. The Hall–Kier alpha value is -2.47. The van der Waals surface area contributed by atoms with Crippen molar-refractivity contribution in [3.05, 3.63) is 47.4 Å². The molecular weight excluding hydrogens is 352 g/mol. The third-order valence-electron chi connectivity index (χ3n) is 4.60. The van der Waals surface area contributed by atoms with Crippen LogP contribution < -0.4 is 10.2 Å². The number of aryl methyl sites for hydroxylation is 1. The largest absolute Gasteiger partial charge is 0.392 e. The summed E-state index contributed by atoms with van der Waals surface area (Å²) in [5.74, 6) is 1.31. The molecule has 28 heavy (non-hydrogen) atoms. The fourth-order valence-corrected chi connectivity index (χ4v) is 2.98. The fraction of sp³-hybridized carbons (Fsp3) is 0.500. The lowest BCUT2D eigenvalue weighted by Gasteiger charge is -2.23. The van der Waals surface area contributed by atoms with E-state index in [2.05, 4.69) is 27.1 Å². The van der Waals surface area contributed by atoms with Crippen LogP contribution in [-0.4, -0.2) is 34.1 Å². The maximum absolute atomic E-state index is 12.6. The van der Waals surface area contributed by atoms with Crippen LogP contribution >= 0.6 is 0 Å². The van der Waals surface area contributed by atoms with Crippen molar-refractivity contribution in [2.75, 3.05) is 23.3 Å². The maximum atomic E-state index is 12.6. The highest BCUT2D eigenvalue weighted by atomic mass is 16.3. The highest BCUT2D eigenvalue weighted by Crippen LogP contribution is 2.31. The monoisotopic (exact) mass is 384 g/mol. The first-order valence-electron chi connectivity index (χ1n) is 10.2. The molecule has 6 heteroatoms. The number of amides is 1. The summed E-state index contributed by atoms with van der Waals surface area (Å²) in [5.41, 5.74) is 2.80. The molecule has 1 heterocycles.